The number of rotatable bonds is 5. The molecule has 16 heavy (non-hydrogen) atoms. The first kappa shape index (κ1) is 12.8. The van der Waals surface area contributed by atoms with E-state index in [0.29, 0.717) is 6.54 Å². The van der Waals surface area contributed by atoms with Crippen LogP contribution in [0, 0.1) is 5.92 Å². The van der Waals surface area contributed by atoms with Gasteiger partial charge in [-0.2, -0.15) is 0 Å². The van der Waals surface area contributed by atoms with E-state index in [1.807, 2.05) is 0 Å². The van der Waals surface area contributed by atoms with E-state index in [9.17, 15) is 9.59 Å². The van der Waals surface area contributed by atoms with Crippen LogP contribution >= 0.6 is 0 Å². The summed E-state index contributed by atoms with van der Waals surface area (Å²) >= 11 is 0. The summed E-state index contributed by atoms with van der Waals surface area (Å²) in [6, 6.07) is -0.305. The summed E-state index contributed by atoms with van der Waals surface area (Å²) in [6.07, 6.45) is 6.14. The van der Waals surface area contributed by atoms with Gasteiger partial charge in [0.15, 0.2) is 0 Å². The Morgan fingerprint density at radius 3 is 2.56 bits per heavy atom. The number of carbonyl (C=O) groups is 2. The minimum Gasteiger partial charge on any atom is -0.480 e. The summed E-state index contributed by atoms with van der Waals surface area (Å²) in [6.45, 7) is 0.392. The molecule has 0 radical (unpaired) electrons. The van der Waals surface area contributed by atoms with E-state index in [1.54, 1.807) is 0 Å². The lowest BCUT2D eigenvalue weighted by Gasteiger charge is -2.16. The number of carboxylic acids is 1. The van der Waals surface area contributed by atoms with Gasteiger partial charge in [-0.3, -0.25) is 4.79 Å². The first-order valence-electron chi connectivity index (χ1n) is 5.80. The Morgan fingerprint density at radius 2 is 2.00 bits per heavy atom. The zero-order valence-electron chi connectivity index (χ0n) is 9.74. The van der Waals surface area contributed by atoms with Gasteiger partial charge in [-0.1, -0.05) is 25.7 Å². The van der Waals surface area contributed by atoms with Crippen molar-refractivity contribution in [3.8, 4) is 0 Å². The fourth-order valence-corrected chi connectivity index (χ4v) is 2.09. The molecule has 0 aromatic rings. The third-order valence-corrected chi connectivity index (χ3v) is 3.02. The summed E-state index contributed by atoms with van der Waals surface area (Å²) < 4.78 is 0. The second kappa shape index (κ2) is 6.35. The molecule has 0 atom stereocenters. The largest absolute Gasteiger partial charge is 0.480 e. The molecule has 0 unspecified atom stereocenters. The minimum atomic E-state index is -0.992. The molecule has 0 saturated heterocycles. The van der Waals surface area contributed by atoms with E-state index < -0.39 is 5.97 Å². The second-order valence-corrected chi connectivity index (χ2v) is 4.42. The lowest BCUT2D eigenvalue weighted by Crippen LogP contribution is -2.40. The molecule has 5 heteroatoms. The van der Waals surface area contributed by atoms with Crippen LogP contribution < -0.4 is 5.32 Å². The molecular formula is C11H20N2O3. The quantitative estimate of drug-likeness (QED) is 0.745. The molecule has 2 amide bonds. The van der Waals surface area contributed by atoms with Crippen molar-refractivity contribution in [1.29, 1.82) is 0 Å². The van der Waals surface area contributed by atoms with Gasteiger partial charge in [0.1, 0.15) is 6.54 Å². The molecule has 0 heterocycles. The van der Waals surface area contributed by atoms with Gasteiger partial charge in [0, 0.05) is 13.6 Å². The van der Waals surface area contributed by atoms with Crippen LogP contribution in [0.3, 0.4) is 0 Å². The average Bonchev–Trinajstić information content (AvgIpc) is 2.69. The molecule has 1 rings (SSSR count). The van der Waals surface area contributed by atoms with Crippen LogP contribution in [-0.4, -0.2) is 42.1 Å². The number of hydrogen-bond acceptors (Lipinski definition) is 2. The van der Waals surface area contributed by atoms with Gasteiger partial charge in [0.25, 0.3) is 0 Å². The third-order valence-electron chi connectivity index (χ3n) is 3.02. The van der Waals surface area contributed by atoms with Crippen LogP contribution in [0.5, 0.6) is 0 Å². The van der Waals surface area contributed by atoms with Crippen molar-refractivity contribution >= 4 is 12.0 Å². The number of nitrogens with one attached hydrogen (secondary N) is 1. The van der Waals surface area contributed by atoms with E-state index in [4.69, 9.17) is 5.11 Å². The van der Waals surface area contributed by atoms with Gasteiger partial charge in [0.05, 0.1) is 0 Å². The molecular weight excluding hydrogens is 208 g/mol. The molecule has 5 nitrogen and oxygen atoms in total. The van der Waals surface area contributed by atoms with E-state index in [2.05, 4.69) is 5.32 Å². The van der Waals surface area contributed by atoms with Crippen LogP contribution in [0.15, 0.2) is 0 Å². The summed E-state index contributed by atoms with van der Waals surface area (Å²) in [5, 5.41) is 11.2. The van der Waals surface area contributed by atoms with Crippen molar-refractivity contribution < 1.29 is 14.7 Å². The van der Waals surface area contributed by atoms with Crippen molar-refractivity contribution in [2.45, 2.75) is 32.1 Å². The fourth-order valence-electron chi connectivity index (χ4n) is 2.09. The summed E-state index contributed by atoms with van der Waals surface area (Å²) in [4.78, 5) is 23.0. The maximum absolute atomic E-state index is 11.4. The molecule has 1 aliphatic carbocycles. The Balaban J connectivity index is 2.11. The standard InChI is InChI=1S/C11H20N2O3/c1-13(8-10(14)15)11(16)12-7-6-9-4-2-3-5-9/h9H,2-8H2,1H3,(H,12,16)(H,14,15). The van der Waals surface area contributed by atoms with Gasteiger partial charge in [-0.15, -0.1) is 0 Å². The molecule has 0 aromatic heterocycles. The molecule has 1 fully saturated rings. The van der Waals surface area contributed by atoms with Crippen molar-refractivity contribution in [2.75, 3.05) is 20.1 Å². The van der Waals surface area contributed by atoms with E-state index in [0.717, 1.165) is 12.3 Å². The minimum absolute atomic E-state index is 0.255. The van der Waals surface area contributed by atoms with Crippen LogP contribution in [0.4, 0.5) is 4.79 Å². The molecule has 1 aliphatic rings. The van der Waals surface area contributed by atoms with Crippen LogP contribution in [0.1, 0.15) is 32.1 Å². The number of nitrogens with zero attached hydrogens (tertiary/aromatic N) is 1. The highest BCUT2D eigenvalue weighted by Crippen LogP contribution is 2.26. The van der Waals surface area contributed by atoms with Crippen molar-refractivity contribution in [2.24, 2.45) is 5.92 Å². The third kappa shape index (κ3) is 4.51. The van der Waals surface area contributed by atoms with E-state index >= 15 is 0 Å². The zero-order valence-corrected chi connectivity index (χ0v) is 9.74. The normalized spacial score (nSPS) is 16.1. The molecule has 0 aliphatic heterocycles. The highest BCUT2D eigenvalue weighted by atomic mass is 16.4. The predicted molar refractivity (Wildman–Crippen MR) is 60.2 cm³/mol. The molecule has 0 aromatic carbocycles. The first-order chi connectivity index (χ1) is 7.59. The lowest BCUT2D eigenvalue weighted by molar-refractivity contribution is -0.137. The number of carbonyl (C=O) groups excluding carboxylic acids is 1. The fraction of sp³-hybridized carbons (Fsp3) is 0.818. The molecule has 1 saturated carbocycles. The van der Waals surface area contributed by atoms with E-state index in [-0.39, 0.29) is 12.6 Å². The predicted octanol–water partition coefficient (Wildman–Crippen LogP) is 1.29. The summed E-state index contributed by atoms with van der Waals surface area (Å²) in [5.41, 5.74) is 0. The Hall–Kier alpha value is -1.26. The Morgan fingerprint density at radius 1 is 1.38 bits per heavy atom. The number of amides is 2. The molecule has 2 N–H and O–H groups in total. The lowest BCUT2D eigenvalue weighted by atomic mass is 10.0. The summed E-state index contributed by atoms with van der Waals surface area (Å²) in [7, 11) is 1.49. The van der Waals surface area contributed by atoms with Gasteiger partial charge in [-0.25, -0.2) is 4.79 Å². The zero-order chi connectivity index (χ0) is 12.0. The molecule has 92 valence electrons. The number of urea groups is 1. The van der Waals surface area contributed by atoms with Crippen molar-refractivity contribution in [3.05, 3.63) is 0 Å². The summed E-state index contributed by atoms with van der Waals surface area (Å²) in [5.74, 6) is -0.251. The highest BCUT2D eigenvalue weighted by molar-refractivity contribution is 5.79. The maximum Gasteiger partial charge on any atom is 0.323 e. The first-order valence-corrected chi connectivity index (χ1v) is 5.80. The smallest absolute Gasteiger partial charge is 0.323 e. The topological polar surface area (TPSA) is 69.6 Å². The Labute approximate surface area is 95.8 Å². The van der Waals surface area contributed by atoms with Gasteiger partial charge in [0.2, 0.25) is 0 Å². The molecule has 0 spiro atoms. The maximum atomic E-state index is 11.4. The van der Waals surface area contributed by atoms with Crippen LogP contribution in [0.2, 0.25) is 0 Å². The monoisotopic (exact) mass is 228 g/mol. The van der Waals surface area contributed by atoms with E-state index in [1.165, 1.54) is 37.6 Å². The van der Waals surface area contributed by atoms with Gasteiger partial charge >= 0.3 is 12.0 Å². The molecule has 0 bridgehead atoms. The Kier molecular flexibility index (Phi) is 5.08. The number of aliphatic carboxylic acids is 1. The Bertz CT molecular complexity index is 250. The van der Waals surface area contributed by atoms with Gasteiger partial charge < -0.3 is 15.3 Å². The SMILES string of the molecule is CN(CC(=O)O)C(=O)NCCC1CCCC1. The number of hydrogen-bond donors (Lipinski definition) is 2. The van der Waals surface area contributed by atoms with Crippen LogP contribution in [0.25, 0.3) is 0 Å². The number of carboxylic acid groups (broad SMARTS) is 1. The van der Waals surface area contributed by atoms with Gasteiger partial charge in [-0.05, 0) is 12.3 Å². The van der Waals surface area contributed by atoms with Crippen LogP contribution in [-0.2, 0) is 4.79 Å². The average molecular weight is 228 g/mol. The number of likely N-dealkylation sites (N-methyl/N-ethyl adjacent to an activating group) is 1. The second-order valence-electron chi connectivity index (χ2n) is 4.42. The van der Waals surface area contributed by atoms with Crippen molar-refractivity contribution in [1.82, 2.24) is 10.2 Å². The highest BCUT2D eigenvalue weighted by Gasteiger charge is 2.16. The van der Waals surface area contributed by atoms with Crippen molar-refractivity contribution in [3.63, 3.8) is 0 Å².